The van der Waals surface area contributed by atoms with Gasteiger partial charge >= 0.3 is 0 Å². The van der Waals surface area contributed by atoms with Crippen molar-refractivity contribution in [2.75, 3.05) is 6.54 Å². The molecule has 0 aromatic carbocycles. The van der Waals surface area contributed by atoms with Gasteiger partial charge in [0, 0.05) is 18.9 Å². The zero-order valence-electron chi connectivity index (χ0n) is 11.6. The van der Waals surface area contributed by atoms with Crippen molar-refractivity contribution in [2.45, 2.75) is 76.7 Å². The van der Waals surface area contributed by atoms with E-state index in [4.69, 9.17) is 0 Å². The van der Waals surface area contributed by atoms with Crippen LogP contribution in [0.25, 0.3) is 0 Å². The smallest absolute Gasteiger partial charge is 0.248 e. The Kier molecular flexibility index (Phi) is 4.99. The second kappa shape index (κ2) is 6.31. The number of nitrogens with one attached hydrogen (secondary N) is 1. The minimum atomic E-state index is -2.37. The third-order valence-corrected chi connectivity index (χ3v) is 4.71. The van der Waals surface area contributed by atoms with Gasteiger partial charge in [-0.05, 0) is 50.5 Å². The summed E-state index contributed by atoms with van der Waals surface area (Å²) in [5, 5.41) is 3.63. The molecule has 1 nitrogen and oxygen atoms in total. The maximum Gasteiger partial charge on any atom is 0.248 e. The Morgan fingerprint density at radius 3 is 2.61 bits per heavy atom. The molecule has 0 aromatic rings. The zero-order chi connectivity index (χ0) is 13.0. The molecule has 0 radical (unpaired) electrons. The molecular formula is C15H27F2N. The maximum absolute atomic E-state index is 13.2. The zero-order valence-corrected chi connectivity index (χ0v) is 11.6. The summed E-state index contributed by atoms with van der Waals surface area (Å²) in [7, 11) is 0. The molecule has 2 saturated carbocycles. The van der Waals surface area contributed by atoms with Gasteiger partial charge in [0.25, 0.3) is 0 Å². The quantitative estimate of drug-likeness (QED) is 0.773. The Labute approximate surface area is 110 Å². The van der Waals surface area contributed by atoms with E-state index >= 15 is 0 Å². The first kappa shape index (κ1) is 14.2. The van der Waals surface area contributed by atoms with E-state index in [9.17, 15) is 8.78 Å². The number of hydrogen-bond acceptors (Lipinski definition) is 1. The highest BCUT2D eigenvalue weighted by molar-refractivity contribution is 4.87. The molecule has 0 bridgehead atoms. The van der Waals surface area contributed by atoms with E-state index in [0.29, 0.717) is 12.0 Å². The van der Waals surface area contributed by atoms with E-state index in [1.807, 2.05) is 0 Å². The molecule has 2 aliphatic rings. The minimum Gasteiger partial charge on any atom is -0.314 e. The average molecular weight is 259 g/mol. The largest absolute Gasteiger partial charge is 0.314 e. The first-order valence-electron chi connectivity index (χ1n) is 7.72. The van der Waals surface area contributed by atoms with Gasteiger partial charge in [0.1, 0.15) is 0 Å². The van der Waals surface area contributed by atoms with Gasteiger partial charge in [0.2, 0.25) is 5.92 Å². The SMILES string of the molecule is CCCNC1CCCCC1CC1CCC(F)(F)C1. The van der Waals surface area contributed by atoms with Gasteiger partial charge in [-0.25, -0.2) is 8.78 Å². The molecule has 106 valence electrons. The average Bonchev–Trinajstić information content (AvgIpc) is 2.68. The van der Waals surface area contributed by atoms with Gasteiger partial charge in [0.05, 0.1) is 0 Å². The van der Waals surface area contributed by atoms with Gasteiger partial charge in [-0.1, -0.05) is 19.8 Å². The molecule has 2 fully saturated rings. The summed E-state index contributed by atoms with van der Waals surface area (Å²) >= 11 is 0. The van der Waals surface area contributed by atoms with Crippen LogP contribution in [0, 0.1) is 11.8 Å². The van der Waals surface area contributed by atoms with Crippen LogP contribution < -0.4 is 5.32 Å². The summed E-state index contributed by atoms with van der Waals surface area (Å²) in [6, 6.07) is 0.591. The van der Waals surface area contributed by atoms with Gasteiger partial charge < -0.3 is 5.32 Å². The van der Waals surface area contributed by atoms with Crippen LogP contribution in [0.15, 0.2) is 0 Å². The lowest BCUT2D eigenvalue weighted by atomic mass is 9.78. The fourth-order valence-corrected chi connectivity index (χ4v) is 3.76. The fraction of sp³-hybridized carbons (Fsp3) is 1.00. The summed E-state index contributed by atoms with van der Waals surface area (Å²) in [5.74, 6) is -1.45. The summed E-state index contributed by atoms with van der Waals surface area (Å²) < 4.78 is 26.5. The topological polar surface area (TPSA) is 12.0 Å². The van der Waals surface area contributed by atoms with E-state index < -0.39 is 5.92 Å². The third kappa shape index (κ3) is 3.91. The summed E-state index contributed by atoms with van der Waals surface area (Å²) in [6.07, 6.45) is 8.27. The standard InChI is InChI=1S/C15H27F2N/c1-2-9-18-14-6-4-3-5-13(14)10-12-7-8-15(16,17)11-12/h12-14,18H,2-11H2,1H3. The summed E-state index contributed by atoms with van der Waals surface area (Å²) in [6.45, 7) is 3.25. The molecule has 18 heavy (non-hydrogen) atoms. The molecule has 0 aromatic heterocycles. The van der Waals surface area contributed by atoms with Gasteiger partial charge in [-0.2, -0.15) is 0 Å². The van der Waals surface area contributed by atoms with Crippen LogP contribution in [0.2, 0.25) is 0 Å². The first-order valence-corrected chi connectivity index (χ1v) is 7.72. The van der Waals surface area contributed by atoms with Gasteiger partial charge in [-0.3, -0.25) is 0 Å². The number of halogens is 2. The molecule has 3 atom stereocenters. The maximum atomic E-state index is 13.2. The van der Waals surface area contributed by atoms with Crippen molar-refractivity contribution < 1.29 is 8.78 Å². The van der Waals surface area contributed by atoms with Crippen molar-refractivity contribution >= 4 is 0 Å². The van der Waals surface area contributed by atoms with Crippen LogP contribution in [0.5, 0.6) is 0 Å². The molecule has 1 N–H and O–H groups in total. The van der Waals surface area contributed by atoms with Gasteiger partial charge in [-0.15, -0.1) is 0 Å². The van der Waals surface area contributed by atoms with E-state index in [0.717, 1.165) is 25.8 Å². The highest BCUT2D eigenvalue weighted by Gasteiger charge is 2.40. The minimum absolute atomic E-state index is 0.122. The molecule has 0 spiro atoms. The molecule has 0 aliphatic heterocycles. The van der Waals surface area contributed by atoms with Crippen LogP contribution in [-0.4, -0.2) is 18.5 Å². The molecule has 2 aliphatic carbocycles. The van der Waals surface area contributed by atoms with Crippen molar-refractivity contribution in [2.24, 2.45) is 11.8 Å². The second-order valence-electron chi connectivity index (χ2n) is 6.31. The Morgan fingerprint density at radius 1 is 1.17 bits per heavy atom. The van der Waals surface area contributed by atoms with E-state index in [2.05, 4.69) is 12.2 Å². The van der Waals surface area contributed by atoms with Crippen LogP contribution in [0.3, 0.4) is 0 Å². The first-order chi connectivity index (χ1) is 8.61. The molecule has 3 unspecified atom stereocenters. The monoisotopic (exact) mass is 259 g/mol. The lowest BCUT2D eigenvalue weighted by Crippen LogP contribution is -2.39. The number of hydrogen-bond donors (Lipinski definition) is 1. The molecule has 2 rings (SSSR count). The predicted molar refractivity (Wildman–Crippen MR) is 70.9 cm³/mol. The number of alkyl halides is 2. The van der Waals surface area contributed by atoms with Crippen molar-refractivity contribution in [3.63, 3.8) is 0 Å². The van der Waals surface area contributed by atoms with Crippen molar-refractivity contribution in [1.82, 2.24) is 5.32 Å². The van der Waals surface area contributed by atoms with Crippen molar-refractivity contribution in [3.8, 4) is 0 Å². The molecule has 3 heteroatoms. The van der Waals surface area contributed by atoms with Crippen LogP contribution in [0.4, 0.5) is 8.78 Å². The van der Waals surface area contributed by atoms with Gasteiger partial charge in [0.15, 0.2) is 0 Å². The third-order valence-electron chi connectivity index (χ3n) is 4.71. The van der Waals surface area contributed by atoms with Crippen molar-refractivity contribution in [3.05, 3.63) is 0 Å². The van der Waals surface area contributed by atoms with Crippen LogP contribution in [0.1, 0.15) is 64.7 Å². The van der Waals surface area contributed by atoms with Crippen LogP contribution in [-0.2, 0) is 0 Å². The van der Waals surface area contributed by atoms with Crippen LogP contribution >= 0.6 is 0 Å². The van der Waals surface area contributed by atoms with E-state index in [1.165, 1.54) is 25.7 Å². The molecule has 0 saturated heterocycles. The summed E-state index contributed by atoms with van der Waals surface area (Å²) in [5.41, 5.74) is 0. The highest BCUT2D eigenvalue weighted by Crippen LogP contribution is 2.43. The summed E-state index contributed by atoms with van der Waals surface area (Å²) in [4.78, 5) is 0. The second-order valence-corrected chi connectivity index (χ2v) is 6.31. The lowest BCUT2D eigenvalue weighted by Gasteiger charge is -2.34. The van der Waals surface area contributed by atoms with E-state index in [-0.39, 0.29) is 18.8 Å². The normalized spacial score (nSPS) is 35.8. The Hall–Kier alpha value is -0.180. The lowest BCUT2D eigenvalue weighted by molar-refractivity contribution is 0.00347. The fourth-order valence-electron chi connectivity index (χ4n) is 3.76. The Bertz CT molecular complexity index is 255. The number of rotatable bonds is 5. The Morgan fingerprint density at radius 2 is 1.94 bits per heavy atom. The van der Waals surface area contributed by atoms with E-state index in [1.54, 1.807) is 0 Å². The van der Waals surface area contributed by atoms with Crippen molar-refractivity contribution in [1.29, 1.82) is 0 Å². The Balaban J connectivity index is 1.82. The molecular weight excluding hydrogens is 232 g/mol. The highest BCUT2D eigenvalue weighted by atomic mass is 19.3. The molecule has 0 heterocycles. The predicted octanol–water partition coefficient (Wildman–Crippen LogP) is 4.37. The molecule has 0 amide bonds.